The summed E-state index contributed by atoms with van der Waals surface area (Å²) in [5.41, 5.74) is 6.41. The monoisotopic (exact) mass is 311 g/mol. The van der Waals surface area contributed by atoms with Gasteiger partial charge in [-0.15, -0.1) is 0 Å². The molecule has 2 N–H and O–H groups in total. The summed E-state index contributed by atoms with van der Waals surface area (Å²) in [5.74, 6) is 0.701. The van der Waals surface area contributed by atoms with Crippen LogP contribution in [0.1, 0.15) is 71.1 Å². The van der Waals surface area contributed by atoms with Gasteiger partial charge in [-0.3, -0.25) is 0 Å². The number of nitrogen functional groups attached to an aromatic ring is 1. The van der Waals surface area contributed by atoms with E-state index in [-0.39, 0.29) is 0 Å². The number of unbranched alkanes of at least 4 members (excludes halogenated alkanes) is 9. The van der Waals surface area contributed by atoms with Gasteiger partial charge < -0.3 is 10.5 Å². The van der Waals surface area contributed by atoms with Crippen LogP contribution in [0, 0.1) is 0 Å². The highest BCUT2D eigenvalue weighted by atomic mass is 35.5. The maximum absolute atomic E-state index is 6.05. The van der Waals surface area contributed by atoms with Crippen LogP contribution in [-0.4, -0.2) is 6.61 Å². The number of anilines is 1. The Labute approximate surface area is 135 Å². The molecule has 0 radical (unpaired) electrons. The quantitative estimate of drug-likeness (QED) is 0.367. The zero-order chi connectivity index (χ0) is 15.3. The Morgan fingerprint density at radius 2 is 1.48 bits per heavy atom. The first-order chi connectivity index (χ1) is 10.2. The second-order valence-electron chi connectivity index (χ2n) is 5.72. The molecule has 0 spiro atoms. The predicted octanol–water partition coefficient (Wildman–Crippen LogP) is 6.22. The molecule has 21 heavy (non-hydrogen) atoms. The first-order valence-electron chi connectivity index (χ1n) is 8.42. The second-order valence-corrected chi connectivity index (χ2v) is 6.13. The molecule has 0 aromatic heterocycles. The molecular weight excluding hydrogens is 282 g/mol. The number of benzene rings is 1. The molecule has 1 rings (SSSR count). The van der Waals surface area contributed by atoms with Crippen molar-refractivity contribution >= 4 is 17.3 Å². The SMILES string of the molecule is CCCCCCCCCCCCOc1cc(N)ccc1Cl. The Morgan fingerprint density at radius 1 is 0.905 bits per heavy atom. The summed E-state index contributed by atoms with van der Waals surface area (Å²) in [6.45, 7) is 2.98. The largest absolute Gasteiger partial charge is 0.492 e. The van der Waals surface area contributed by atoms with Crippen molar-refractivity contribution in [3.05, 3.63) is 23.2 Å². The number of hydrogen-bond acceptors (Lipinski definition) is 2. The number of nitrogens with two attached hydrogens (primary N) is 1. The van der Waals surface area contributed by atoms with Gasteiger partial charge in [0.05, 0.1) is 11.6 Å². The van der Waals surface area contributed by atoms with Crippen LogP contribution in [0.15, 0.2) is 18.2 Å². The molecule has 0 aliphatic heterocycles. The first-order valence-corrected chi connectivity index (χ1v) is 8.79. The van der Waals surface area contributed by atoms with Crippen LogP contribution in [0.2, 0.25) is 5.02 Å². The van der Waals surface area contributed by atoms with Gasteiger partial charge in [0.25, 0.3) is 0 Å². The minimum Gasteiger partial charge on any atom is -0.492 e. The van der Waals surface area contributed by atoms with E-state index in [1.165, 1.54) is 57.8 Å². The van der Waals surface area contributed by atoms with Crippen molar-refractivity contribution in [2.24, 2.45) is 0 Å². The van der Waals surface area contributed by atoms with Gasteiger partial charge >= 0.3 is 0 Å². The van der Waals surface area contributed by atoms with Gasteiger partial charge in [-0.1, -0.05) is 76.3 Å². The summed E-state index contributed by atoms with van der Waals surface area (Å²) < 4.78 is 5.68. The zero-order valence-electron chi connectivity index (χ0n) is 13.4. The fourth-order valence-electron chi connectivity index (χ4n) is 2.40. The lowest BCUT2D eigenvalue weighted by Gasteiger charge is -2.08. The van der Waals surface area contributed by atoms with Gasteiger partial charge in [-0.25, -0.2) is 0 Å². The minimum absolute atomic E-state index is 0.635. The fourth-order valence-corrected chi connectivity index (χ4v) is 2.57. The third-order valence-electron chi connectivity index (χ3n) is 3.71. The van der Waals surface area contributed by atoms with Crippen LogP contribution < -0.4 is 10.5 Å². The third kappa shape index (κ3) is 8.87. The lowest BCUT2D eigenvalue weighted by Crippen LogP contribution is -1.98. The molecule has 0 fully saturated rings. The van der Waals surface area contributed by atoms with Crippen LogP contribution >= 0.6 is 11.6 Å². The van der Waals surface area contributed by atoms with E-state index >= 15 is 0 Å². The third-order valence-corrected chi connectivity index (χ3v) is 4.02. The van der Waals surface area contributed by atoms with E-state index in [1.807, 2.05) is 0 Å². The van der Waals surface area contributed by atoms with Crippen LogP contribution in [0.5, 0.6) is 5.75 Å². The molecule has 120 valence electrons. The van der Waals surface area contributed by atoms with E-state index in [0.717, 1.165) is 13.0 Å². The van der Waals surface area contributed by atoms with E-state index in [9.17, 15) is 0 Å². The Hall–Kier alpha value is -0.890. The van der Waals surface area contributed by atoms with Crippen molar-refractivity contribution in [2.75, 3.05) is 12.3 Å². The van der Waals surface area contributed by atoms with E-state index < -0.39 is 0 Å². The highest BCUT2D eigenvalue weighted by Gasteiger charge is 2.01. The average molecular weight is 312 g/mol. The van der Waals surface area contributed by atoms with Gasteiger partial charge in [0.1, 0.15) is 5.75 Å². The maximum atomic E-state index is 6.05. The molecule has 1 aromatic carbocycles. The molecular formula is C18H30ClNO. The Morgan fingerprint density at radius 3 is 2.10 bits per heavy atom. The predicted molar refractivity (Wildman–Crippen MR) is 93.2 cm³/mol. The Kier molecular flexibility index (Phi) is 10.1. The van der Waals surface area contributed by atoms with Crippen molar-refractivity contribution in [1.82, 2.24) is 0 Å². The molecule has 0 saturated heterocycles. The molecule has 0 heterocycles. The molecule has 0 saturated carbocycles. The average Bonchev–Trinajstić information content (AvgIpc) is 2.48. The molecule has 0 aliphatic carbocycles. The summed E-state index contributed by atoms with van der Waals surface area (Å²) >= 11 is 6.05. The van der Waals surface area contributed by atoms with Crippen molar-refractivity contribution in [3.8, 4) is 5.75 Å². The van der Waals surface area contributed by atoms with Gasteiger partial charge in [0.2, 0.25) is 0 Å². The van der Waals surface area contributed by atoms with Crippen LogP contribution in [-0.2, 0) is 0 Å². The van der Waals surface area contributed by atoms with E-state index in [2.05, 4.69) is 6.92 Å². The van der Waals surface area contributed by atoms with Crippen LogP contribution in [0.3, 0.4) is 0 Å². The lowest BCUT2D eigenvalue weighted by molar-refractivity contribution is 0.304. The molecule has 0 amide bonds. The second kappa shape index (κ2) is 11.7. The standard InChI is InChI=1S/C18H30ClNO/c1-2-3-4-5-6-7-8-9-10-11-14-21-18-15-16(20)12-13-17(18)19/h12-13,15H,2-11,14,20H2,1H3. The van der Waals surface area contributed by atoms with Crippen LogP contribution in [0.4, 0.5) is 5.69 Å². The molecule has 0 unspecified atom stereocenters. The summed E-state index contributed by atoms with van der Waals surface area (Å²) in [6.07, 6.45) is 13.3. The number of ether oxygens (including phenoxy) is 1. The highest BCUT2D eigenvalue weighted by Crippen LogP contribution is 2.26. The normalized spacial score (nSPS) is 10.8. The van der Waals surface area contributed by atoms with Gasteiger partial charge in [-0.2, -0.15) is 0 Å². The molecule has 0 aliphatic rings. The summed E-state index contributed by atoms with van der Waals surface area (Å²) in [4.78, 5) is 0. The van der Waals surface area contributed by atoms with Crippen molar-refractivity contribution in [3.63, 3.8) is 0 Å². The van der Waals surface area contributed by atoms with Gasteiger partial charge in [-0.05, 0) is 18.6 Å². The van der Waals surface area contributed by atoms with E-state index in [1.54, 1.807) is 18.2 Å². The Balaban J connectivity index is 1.94. The number of rotatable bonds is 12. The summed E-state index contributed by atoms with van der Waals surface area (Å²) in [5, 5.41) is 0.635. The Bertz CT molecular complexity index is 381. The van der Waals surface area contributed by atoms with Gasteiger partial charge in [0.15, 0.2) is 0 Å². The first kappa shape index (κ1) is 18.2. The zero-order valence-corrected chi connectivity index (χ0v) is 14.1. The molecule has 2 nitrogen and oxygen atoms in total. The number of halogens is 1. The maximum Gasteiger partial charge on any atom is 0.139 e. The van der Waals surface area contributed by atoms with Gasteiger partial charge in [0, 0.05) is 11.8 Å². The lowest BCUT2D eigenvalue weighted by atomic mass is 10.1. The number of hydrogen-bond donors (Lipinski definition) is 1. The smallest absolute Gasteiger partial charge is 0.139 e. The topological polar surface area (TPSA) is 35.2 Å². The van der Waals surface area contributed by atoms with Crippen molar-refractivity contribution in [2.45, 2.75) is 71.1 Å². The van der Waals surface area contributed by atoms with E-state index in [4.69, 9.17) is 22.1 Å². The molecule has 0 atom stereocenters. The summed E-state index contributed by atoms with van der Waals surface area (Å²) in [7, 11) is 0. The fraction of sp³-hybridized carbons (Fsp3) is 0.667. The molecule has 0 bridgehead atoms. The summed E-state index contributed by atoms with van der Waals surface area (Å²) in [6, 6.07) is 5.36. The van der Waals surface area contributed by atoms with E-state index in [0.29, 0.717) is 16.5 Å². The van der Waals surface area contributed by atoms with Crippen molar-refractivity contribution < 1.29 is 4.74 Å². The van der Waals surface area contributed by atoms with Crippen LogP contribution in [0.25, 0.3) is 0 Å². The molecule has 1 aromatic rings. The molecule has 3 heteroatoms. The van der Waals surface area contributed by atoms with Crippen molar-refractivity contribution in [1.29, 1.82) is 0 Å². The highest BCUT2D eigenvalue weighted by molar-refractivity contribution is 6.32. The minimum atomic E-state index is 0.635.